The number of hydrogen-bond acceptors (Lipinski definition) is 10. The first-order valence-electron chi connectivity index (χ1n) is 13.9. The number of benzene rings is 2. The predicted molar refractivity (Wildman–Crippen MR) is 175 cm³/mol. The summed E-state index contributed by atoms with van der Waals surface area (Å²) >= 11 is 6.24. The average Bonchev–Trinajstić information content (AvgIpc) is 3.61. The third kappa shape index (κ3) is 7.59. The maximum Gasteiger partial charge on any atom is 0.306 e. The van der Waals surface area contributed by atoms with Crippen LogP contribution in [-0.2, 0) is 9.59 Å². The lowest BCUT2D eigenvalue weighted by Gasteiger charge is -2.14. The highest BCUT2D eigenvalue weighted by Gasteiger charge is 2.22. The van der Waals surface area contributed by atoms with Crippen LogP contribution in [-0.4, -0.2) is 55.9 Å². The fraction of sp³-hybridized carbons (Fsp3) is 0.375. The lowest BCUT2D eigenvalue weighted by atomic mass is 10.0. The van der Waals surface area contributed by atoms with Gasteiger partial charge >= 0.3 is 5.97 Å². The van der Waals surface area contributed by atoms with Crippen molar-refractivity contribution >= 4 is 82.1 Å². The zero-order valence-electron chi connectivity index (χ0n) is 25.0. The topological polar surface area (TPSA) is 125 Å². The summed E-state index contributed by atoms with van der Waals surface area (Å²) in [6, 6.07) is 9.05. The van der Waals surface area contributed by atoms with Crippen LogP contribution in [0.2, 0.25) is 0 Å². The zero-order chi connectivity index (χ0) is 32.1. The number of fused-ring (bicyclic) bond motifs is 2. The van der Waals surface area contributed by atoms with E-state index in [-0.39, 0.29) is 36.1 Å². The minimum Gasteiger partial charge on any atom is -0.493 e. The Labute approximate surface area is 271 Å². The molecule has 0 radical (unpaired) electrons. The molecule has 0 unspecified atom stereocenters. The van der Waals surface area contributed by atoms with Crippen LogP contribution in [0, 0.1) is 11.8 Å². The Balaban J connectivity index is 1.41. The largest absolute Gasteiger partial charge is 0.493 e. The van der Waals surface area contributed by atoms with Gasteiger partial charge in [-0.25, -0.2) is 0 Å². The summed E-state index contributed by atoms with van der Waals surface area (Å²) in [6.45, 7) is 5.40. The molecule has 2 heterocycles. The van der Waals surface area contributed by atoms with Crippen LogP contribution >= 0.6 is 38.6 Å². The van der Waals surface area contributed by atoms with Gasteiger partial charge in [0.2, 0.25) is 0 Å². The standard InChI is InChI=1S/C32H33BrO9S2/c1-16(18(3)34)9-21(35)28-12-19-11-24(23(39-4)14-26(19)43-28)41-7-6-8-42-31-25(40-5)15-27-20(30(31)33)13-29(44-27)22(36)10-17(2)32(37)38/h11-17H,6-10H2,1-5H3,(H,37,38)/t16-,17-/m0/s1. The smallest absolute Gasteiger partial charge is 0.306 e. The molecule has 12 heteroatoms. The second-order valence-corrected chi connectivity index (χ2v) is 13.4. The third-order valence-corrected chi connectivity index (χ3v) is 10.2. The molecule has 0 aliphatic rings. The van der Waals surface area contributed by atoms with Gasteiger partial charge in [-0.05, 0) is 46.4 Å². The summed E-state index contributed by atoms with van der Waals surface area (Å²) < 4.78 is 25.5. The number of carbonyl (C=O) groups is 4. The van der Waals surface area contributed by atoms with Crippen molar-refractivity contribution in [3.8, 4) is 23.0 Å². The highest BCUT2D eigenvalue weighted by atomic mass is 79.9. The number of methoxy groups -OCH3 is 2. The van der Waals surface area contributed by atoms with Crippen LogP contribution in [0.1, 0.15) is 59.4 Å². The fourth-order valence-corrected chi connectivity index (χ4v) is 7.22. The van der Waals surface area contributed by atoms with Crippen LogP contribution in [0.25, 0.3) is 20.2 Å². The van der Waals surface area contributed by atoms with Crippen molar-refractivity contribution in [2.24, 2.45) is 11.8 Å². The number of ketones is 3. The second-order valence-electron chi connectivity index (χ2n) is 10.5. The van der Waals surface area contributed by atoms with Gasteiger partial charge in [-0.2, -0.15) is 0 Å². The number of rotatable bonds is 16. The summed E-state index contributed by atoms with van der Waals surface area (Å²) in [5, 5.41) is 10.8. The van der Waals surface area contributed by atoms with Crippen LogP contribution < -0.4 is 18.9 Å². The van der Waals surface area contributed by atoms with Crippen LogP contribution in [0.4, 0.5) is 0 Å². The number of carboxylic acid groups (broad SMARTS) is 1. The summed E-state index contributed by atoms with van der Waals surface area (Å²) in [5.41, 5.74) is 0. The SMILES string of the molecule is COc1cc2sc(C(=O)C[C@H](C)C(C)=O)cc2cc1OCCCOc1c(OC)cc2sc(C(=O)C[C@H](C)C(=O)O)cc2c1Br. The average molecular weight is 706 g/mol. The molecule has 2 aromatic carbocycles. The highest BCUT2D eigenvalue weighted by Crippen LogP contribution is 2.45. The summed E-state index contributed by atoms with van der Waals surface area (Å²) in [7, 11) is 3.09. The Kier molecular flexibility index (Phi) is 11.0. The lowest BCUT2D eigenvalue weighted by molar-refractivity contribution is -0.141. The van der Waals surface area contributed by atoms with Gasteiger partial charge in [0.05, 0.1) is 47.6 Å². The van der Waals surface area contributed by atoms with Gasteiger partial charge in [0.25, 0.3) is 0 Å². The summed E-state index contributed by atoms with van der Waals surface area (Å²) in [4.78, 5) is 49.2. The third-order valence-electron chi connectivity index (χ3n) is 7.15. The molecule has 4 rings (SSSR count). The molecule has 0 saturated heterocycles. The van der Waals surface area contributed by atoms with Gasteiger partial charge < -0.3 is 24.1 Å². The number of Topliss-reactive ketones (excluding diaryl/α,β-unsaturated/α-hetero) is 3. The molecular formula is C32H33BrO9S2. The maximum absolute atomic E-state index is 12.7. The van der Waals surface area contributed by atoms with Gasteiger partial charge in [0.15, 0.2) is 34.6 Å². The lowest BCUT2D eigenvalue weighted by Crippen LogP contribution is -2.13. The molecule has 1 N–H and O–H groups in total. The van der Waals surface area contributed by atoms with E-state index >= 15 is 0 Å². The van der Waals surface area contributed by atoms with Crippen molar-refractivity contribution in [1.29, 1.82) is 0 Å². The molecule has 4 aromatic rings. The summed E-state index contributed by atoms with van der Waals surface area (Å²) in [6.07, 6.45) is 0.629. The van der Waals surface area contributed by atoms with Crippen LogP contribution in [0.5, 0.6) is 23.0 Å². The van der Waals surface area contributed by atoms with Gasteiger partial charge in [-0.15, -0.1) is 22.7 Å². The van der Waals surface area contributed by atoms with E-state index in [1.807, 2.05) is 18.2 Å². The Morgan fingerprint density at radius 3 is 2.02 bits per heavy atom. The molecule has 0 fully saturated rings. The fourth-order valence-electron chi connectivity index (χ4n) is 4.38. The van der Waals surface area contributed by atoms with Crippen molar-refractivity contribution in [3.63, 3.8) is 0 Å². The summed E-state index contributed by atoms with van der Waals surface area (Å²) in [5.74, 6) is -0.326. The minimum atomic E-state index is -1.01. The first-order valence-corrected chi connectivity index (χ1v) is 16.3. The molecule has 0 aliphatic carbocycles. The Hall–Kier alpha value is -3.48. The van der Waals surface area contributed by atoms with E-state index < -0.39 is 11.9 Å². The van der Waals surface area contributed by atoms with E-state index in [0.29, 0.717) is 56.9 Å². The Morgan fingerprint density at radius 2 is 1.39 bits per heavy atom. The molecular weight excluding hydrogens is 672 g/mol. The van der Waals surface area contributed by atoms with Gasteiger partial charge in [-0.1, -0.05) is 13.8 Å². The van der Waals surface area contributed by atoms with Crippen LogP contribution in [0.3, 0.4) is 0 Å². The molecule has 0 bridgehead atoms. The molecule has 44 heavy (non-hydrogen) atoms. The first-order chi connectivity index (χ1) is 20.9. The monoisotopic (exact) mass is 704 g/mol. The first kappa shape index (κ1) is 33.4. The molecule has 2 atom stereocenters. The Morgan fingerprint density at radius 1 is 0.795 bits per heavy atom. The molecule has 0 aliphatic heterocycles. The molecule has 0 saturated carbocycles. The second kappa shape index (κ2) is 14.5. The Bertz CT molecular complexity index is 1720. The normalized spacial score (nSPS) is 12.6. The van der Waals surface area contributed by atoms with E-state index in [0.717, 1.165) is 20.2 Å². The quantitative estimate of drug-likeness (QED) is 0.0917. The van der Waals surface area contributed by atoms with E-state index in [2.05, 4.69) is 15.9 Å². The number of halogens is 1. The molecule has 234 valence electrons. The minimum absolute atomic E-state index is 0.0103. The van der Waals surface area contributed by atoms with Crippen molar-refractivity contribution in [1.82, 2.24) is 0 Å². The van der Waals surface area contributed by atoms with Crippen LogP contribution in [0.15, 0.2) is 34.8 Å². The number of aliphatic carboxylic acids is 1. The number of hydrogen-bond donors (Lipinski definition) is 1. The molecule has 2 aromatic heterocycles. The molecule has 0 amide bonds. The molecule has 9 nitrogen and oxygen atoms in total. The zero-order valence-corrected chi connectivity index (χ0v) is 28.2. The van der Waals surface area contributed by atoms with Crippen molar-refractivity contribution in [2.75, 3.05) is 27.4 Å². The van der Waals surface area contributed by atoms with E-state index in [4.69, 9.17) is 24.1 Å². The van der Waals surface area contributed by atoms with Gasteiger partial charge in [-0.3, -0.25) is 19.2 Å². The van der Waals surface area contributed by atoms with E-state index in [1.165, 1.54) is 43.6 Å². The van der Waals surface area contributed by atoms with Crippen molar-refractivity contribution in [3.05, 3.63) is 44.6 Å². The van der Waals surface area contributed by atoms with Gasteiger partial charge in [0, 0.05) is 52.1 Å². The van der Waals surface area contributed by atoms with E-state index in [1.54, 1.807) is 26.2 Å². The van der Waals surface area contributed by atoms with E-state index in [9.17, 15) is 19.2 Å². The molecule has 0 spiro atoms. The number of ether oxygens (including phenoxy) is 4. The predicted octanol–water partition coefficient (Wildman–Crippen LogP) is 7.84. The highest BCUT2D eigenvalue weighted by molar-refractivity contribution is 9.10. The van der Waals surface area contributed by atoms with Crippen molar-refractivity contribution in [2.45, 2.75) is 40.0 Å². The number of thiophene rings is 2. The van der Waals surface area contributed by atoms with Crippen molar-refractivity contribution < 1.29 is 43.2 Å². The van der Waals surface area contributed by atoms with Gasteiger partial charge in [0.1, 0.15) is 5.78 Å². The maximum atomic E-state index is 12.7. The number of carboxylic acids is 1. The number of carbonyl (C=O) groups excluding carboxylic acids is 3.